The van der Waals surface area contributed by atoms with E-state index >= 15 is 0 Å². The first-order valence-corrected chi connectivity index (χ1v) is 9.51. The first-order chi connectivity index (χ1) is 13.5. The first kappa shape index (κ1) is 19.6. The monoisotopic (exact) mass is 396 g/mol. The molecule has 2 amide bonds. The molecule has 1 unspecified atom stereocenters. The van der Waals surface area contributed by atoms with Crippen LogP contribution in [-0.4, -0.2) is 33.7 Å². The van der Waals surface area contributed by atoms with Crippen LogP contribution in [0.5, 0.6) is 0 Å². The SMILES string of the molecule is CCN1C(=O)C(CC(=O)Nc2ccccc2C#N)SC1=Nc1ccccc1F. The highest BCUT2D eigenvalue weighted by Crippen LogP contribution is 2.32. The van der Waals surface area contributed by atoms with Crippen molar-refractivity contribution in [3.8, 4) is 6.07 Å². The lowest BCUT2D eigenvalue weighted by molar-refractivity contribution is -0.128. The Balaban J connectivity index is 1.74. The second kappa shape index (κ2) is 8.67. The number of anilines is 1. The quantitative estimate of drug-likeness (QED) is 0.835. The molecule has 142 valence electrons. The normalized spacial score (nSPS) is 17.6. The van der Waals surface area contributed by atoms with Crippen LogP contribution >= 0.6 is 11.8 Å². The van der Waals surface area contributed by atoms with Crippen molar-refractivity contribution >= 4 is 40.1 Å². The van der Waals surface area contributed by atoms with Gasteiger partial charge in [0.1, 0.15) is 22.8 Å². The minimum Gasteiger partial charge on any atom is -0.325 e. The van der Waals surface area contributed by atoms with Crippen LogP contribution in [-0.2, 0) is 9.59 Å². The average Bonchev–Trinajstić information content (AvgIpc) is 2.98. The summed E-state index contributed by atoms with van der Waals surface area (Å²) >= 11 is 1.14. The maximum absolute atomic E-state index is 13.9. The van der Waals surface area contributed by atoms with Gasteiger partial charge in [-0.05, 0) is 31.2 Å². The van der Waals surface area contributed by atoms with Crippen molar-refractivity contribution in [3.05, 3.63) is 59.9 Å². The summed E-state index contributed by atoms with van der Waals surface area (Å²) < 4.78 is 13.9. The fourth-order valence-electron chi connectivity index (χ4n) is 2.72. The predicted molar refractivity (Wildman–Crippen MR) is 107 cm³/mol. The molecule has 1 N–H and O–H groups in total. The number of amidine groups is 1. The van der Waals surface area contributed by atoms with Crippen LogP contribution < -0.4 is 5.32 Å². The molecule has 6 nitrogen and oxygen atoms in total. The van der Waals surface area contributed by atoms with Gasteiger partial charge in [0.05, 0.1) is 11.3 Å². The summed E-state index contributed by atoms with van der Waals surface area (Å²) in [7, 11) is 0. The highest BCUT2D eigenvalue weighted by molar-refractivity contribution is 8.15. The summed E-state index contributed by atoms with van der Waals surface area (Å²) in [4.78, 5) is 30.7. The van der Waals surface area contributed by atoms with Crippen molar-refractivity contribution in [2.45, 2.75) is 18.6 Å². The third-order valence-electron chi connectivity index (χ3n) is 4.10. The van der Waals surface area contributed by atoms with Gasteiger partial charge in [-0.25, -0.2) is 9.38 Å². The van der Waals surface area contributed by atoms with Gasteiger partial charge in [-0.3, -0.25) is 14.5 Å². The molecule has 3 rings (SSSR count). The van der Waals surface area contributed by atoms with Crippen LogP contribution in [0.4, 0.5) is 15.8 Å². The average molecular weight is 396 g/mol. The number of hydrogen-bond donors (Lipinski definition) is 1. The summed E-state index contributed by atoms with van der Waals surface area (Å²) in [5.41, 5.74) is 0.889. The van der Waals surface area contributed by atoms with Gasteiger partial charge in [0.2, 0.25) is 11.8 Å². The van der Waals surface area contributed by atoms with Crippen molar-refractivity contribution in [1.29, 1.82) is 5.26 Å². The third kappa shape index (κ3) is 4.21. The lowest BCUT2D eigenvalue weighted by Crippen LogP contribution is -2.33. The van der Waals surface area contributed by atoms with E-state index in [0.29, 0.717) is 23.0 Å². The van der Waals surface area contributed by atoms with E-state index < -0.39 is 11.1 Å². The number of para-hydroxylation sites is 2. The number of nitriles is 1. The summed E-state index contributed by atoms with van der Waals surface area (Å²) in [6.07, 6.45) is -0.0734. The van der Waals surface area contributed by atoms with Crippen LogP contribution in [0.3, 0.4) is 0 Å². The van der Waals surface area contributed by atoms with Crippen LogP contribution in [0.1, 0.15) is 18.9 Å². The zero-order chi connectivity index (χ0) is 20.1. The van der Waals surface area contributed by atoms with Crippen LogP contribution in [0.25, 0.3) is 0 Å². The Bertz CT molecular complexity index is 986. The fraction of sp³-hybridized carbons (Fsp3) is 0.200. The van der Waals surface area contributed by atoms with Gasteiger partial charge in [-0.2, -0.15) is 5.26 Å². The Morgan fingerprint density at radius 3 is 2.71 bits per heavy atom. The fourth-order valence-corrected chi connectivity index (χ4v) is 3.94. The van der Waals surface area contributed by atoms with E-state index in [-0.39, 0.29) is 23.9 Å². The van der Waals surface area contributed by atoms with E-state index in [1.807, 2.05) is 6.07 Å². The Labute approximate surface area is 166 Å². The molecule has 0 saturated carbocycles. The number of rotatable bonds is 5. The molecule has 0 radical (unpaired) electrons. The van der Waals surface area contributed by atoms with Crippen LogP contribution in [0, 0.1) is 17.1 Å². The third-order valence-corrected chi connectivity index (χ3v) is 5.27. The number of carbonyl (C=O) groups is 2. The highest BCUT2D eigenvalue weighted by atomic mass is 32.2. The molecule has 1 atom stereocenters. The number of nitrogens with one attached hydrogen (secondary N) is 1. The van der Waals surface area contributed by atoms with Gasteiger partial charge in [-0.1, -0.05) is 36.0 Å². The smallest absolute Gasteiger partial charge is 0.242 e. The van der Waals surface area contributed by atoms with E-state index in [1.54, 1.807) is 43.3 Å². The van der Waals surface area contributed by atoms with E-state index in [1.165, 1.54) is 17.0 Å². The number of thioether (sulfide) groups is 1. The molecular formula is C20H17FN4O2S. The number of amides is 2. The predicted octanol–water partition coefficient (Wildman–Crippen LogP) is 3.68. The Kier molecular flexibility index (Phi) is 6.06. The minimum absolute atomic E-state index is 0.0734. The van der Waals surface area contributed by atoms with Crippen molar-refractivity contribution in [3.63, 3.8) is 0 Å². The molecule has 0 aliphatic carbocycles. The van der Waals surface area contributed by atoms with Gasteiger partial charge in [0.25, 0.3) is 0 Å². The molecule has 0 spiro atoms. The molecule has 1 saturated heterocycles. The summed E-state index contributed by atoms with van der Waals surface area (Å²) in [6, 6.07) is 14.7. The molecular weight excluding hydrogens is 379 g/mol. The number of halogens is 1. The molecule has 28 heavy (non-hydrogen) atoms. The van der Waals surface area contributed by atoms with Crippen molar-refractivity contribution in [1.82, 2.24) is 4.90 Å². The van der Waals surface area contributed by atoms with E-state index in [2.05, 4.69) is 10.3 Å². The van der Waals surface area contributed by atoms with Gasteiger partial charge in [0.15, 0.2) is 5.17 Å². The Morgan fingerprint density at radius 2 is 2.00 bits per heavy atom. The maximum atomic E-state index is 13.9. The zero-order valence-electron chi connectivity index (χ0n) is 15.1. The van der Waals surface area contributed by atoms with Crippen LogP contribution in [0.2, 0.25) is 0 Å². The van der Waals surface area contributed by atoms with E-state index in [9.17, 15) is 14.0 Å². The van der Waals surface area contributed by atoms with Crippen molar-refractivity contribution in [2.75, 3.05) is 11.9 Å². The van der Waals surface area contributed by atoms with Gasteiger partial charge < -0.3 is 5.32 Å². The minimum atomic E-state index is -0.653. The Hall–Kier alpha value is -3.18. The molecule has 0 aromatic heterocycles. The maximum Gasteiger partial charge on any atom is 0.242 e. The molecule has 2 aromatic rings. The number of hydrogen-bond acceptors (Lipinski definition) is 5. The van der Waals surface area contributed by atoms with Crippen molar-refractivity contribution in [2.24, 2.45) is 4.99 Å². The summed E-state index contributed by atoms with van der Waals surface area (Å²) in [5.74, 6) is -1.10. The number of carbonyl (C=O) groups excluding carboxylic acids is 2. The van der Waals surface area contributed by atoms with Crippen LogP contribution in [0.15, 0.2) is 53.5 Å². The second-order valence-electron chi connectivity index (χ2n) is 5.94. The highest BCUT2D eigenvalue weighted by Gasteiger charge is 2.38. The number of nitrogens with zero attached hydrogens (tertiary/aromatic N) is 3. The lowest BCUT2D eigenvalue weighted by atomic mass is 10.2. The zero-order valence-corrected chi connectivity index (χ0v) is 15.9. The van der Waals surface area contributed by atoms with Gasteiger partial charge in [-0.15, -0.1) is 0 Å². The summed E-state index contributed by atoms with van der Waals surface area (Å²) in [6.45, 7) is 2.16. The first-order valence-electron chi connectivity index (χ1n) is 8.63. The molecule has 1 fully saturated rings. The summed E-state index contributed by atoms with van der Waals surface area (Å²) in [5, 5.41) is 11.5. The molecule has 2 aromatic carbocycles. The molecule has 1 aliphatic heterocycles. The number of benzene rings is 2. The van der Waals surface area contributed by atoms with Crippen molar-refractivity contribution < 1.29 is 14.0 Å². The largest absolute Gasteiger partial charge is 0.325 e. The topological polar surface area (TPSA) is 85.6 Å². The van der Waals surface area contributed by atoms with E-state index in [0.717, 1.165) is 11.8 Å². The standard InChI is InChI=1S/C20H17FN4O2S/c1-2-25-19(27)17(28-20(25)24-16-10-6-4-8-14(16)21)11-18(26)23-15-9-5-3-7-13(15)12-22/h3-10,17H,2,11H2,1H3,(H,23,26). The molecule has 1 heterocycles. The molecule has 1 aliphatic rings. The lowest BCUT2D eigenvalue weighted by Gasteiger charge is -2.13. The Morgan fingerprint density at radius 1 is 1.29 bits per heavy atom. The number of aliphatic imine (C=N–C) groups is 1. The second-order valence-corrected chi connectivity index (χ2v) is 7.11. The molecule has 8 heteroatoms. The van der Waals surface area contributed by atoms with E-state index in [4.69, 9.17) is 5.26 Å². The van der Waals surface area contributed by atoms with Gasteiger partial charge >= 0.3 is 0 Å². The van der Waals surface area contributed by atoms with Gasteiger partial charge in [0, 0.05) is 13.0 Å². The molecule has 0 bridgehead atoms.